The molecular weight excluding hydrogens is 487 g/mol. The van der Waals surface area contributed by atoms with Crippen LogP contribution in [-0.4, -0.2) is 60.2 Å². The van der Waals surface area contributed by atoms with E-state index in [9.17, 15) is 4.79 Å². The largest absolute Gasteiger partial charge is 0.379 e. The van der Waals surface area contributed by atoms with Crippen molar-refractivity contribution >= 4 is 78.2 Å². The number of aryl methyl sites for hydroxylation is 1. The number of fused-ring (bicyclic) bond motifs is 2. The maximum absolute atomic E-state index is 13.6. The molecule has 2 aromatic carbocycles. The third kappa shape index (κ3) is 4.62. The van der Waals surface area contributed by atoms with Gasteiger partial charge in [0.15, 0.2) is 5.13 Å². The van der Waals surface area contributed by atoms with Crippen LogP contribution < -0.4 is 4.90 Å². The SMILES string of the molecule is Cc1ccc(Cl)c2sc(N(CCN3CCOCC3)C(=O)c3ccc4ncsc4c3)nc12.Cl. The molecule has 1 amide bonds. The molecule has 0 spiro atoms. The smallest absolute Gasteiger partial charge is 0.260 e. The van der Waals surface area contributed by atoms with Crippen LogP contribution >= 0.6 is 46.7 Å². The van der Waals surface area contributed by atoms with Crippen LogP contribution in [0.3, 0.4) is 0 Å². The second kappa shape index (κ2) is 9.99. The zero-order valence-electron chi connectivity index (χ0n) is 17.4. The van der Waals surface area contributed by atoms with Crippen molar-refractivity contribution < 1.29 is 9.53 Å². The van der Waals surface area contributed by atoms with E-state index in [-0.39, 0.29) is 18.3 Å². The molecule has 0 bridgehead atoms. The molecule has 0 saturated carbocycles. The summed E-state index contributed by atoms with van der Waals surface area (Å²) in [7, 11) is 0. The lowest BCUT2D eigenvalue weighted by Gasteiger charge is -2.29. The number of morpholine rings is 1. The van der Waals surface area contributed by atoms with Gasteiger partial charge < -0.3 is 4.74 Å². The molecule has 6 nitrogen and oxygen atoms in total. The van der Waals surface area contributed by atoms with Crippen molar-refractivity contribution in [3.8, 4) is 0 Å². The van der Waals surface area contributed by atoms with E-state index >= 15 is 0 Å². The highest BCUT2D eigenvalue weighted by Gasteiger charge is 2.24. The molecule has 0 unspecified atom stereocenters. The molecule has 0 aliphatic carbocycles. The van der Waals surface area contributed by atoms with Crippen molar-refractivity contribution in [3.63, 3.8) is 0 Å². The van der Waals surface area contributed by atoms with Gasteiger partial charge in [-0.1, -0.05) is 29.0 Å². The third-order valence-electron chi connectivity index (χ3n) is 5.48. The molecule has 10 heteroatoms. The number of anilines is 1. The summed E-state index contributed by atoms with van der Waals surface area (Å²) < 4.78 is 7.37. The van der Waals surface area contributed by atoms with Gasteiger partial charge in [-0.3, -0.25) is 14.6 Å². The van der Waals surface area contributed by atoms with Crippen molar-refractivity contribution in [1.29, 1.82) is 0 Å². The van der Waals surface area contributed by atoms with Gasteiger partial charge in [0.1, 0.15) is 0 Å². The number of ether oxygens (including phenoxy) is 1. The summed E-state index contributed by atoms with van der Waals surface area (Å²) in [4.78, 5) is 26.9. The van der Waals surface area contributed by atoms with Crippen LogP contribution in [0.15, 0.2) is 35.8 Å². The van der Waals surface area contributed by atoms with Gasteiger partial charge in [0.2, 0.25) is 0 Å². The predicted octanol–water partition coefficient (Wildman–Crippen LogP) is 5.27. The van der Waals surface area contributed by atoms with E-state index in [4.69, 9.17) is 21.3 Å². The predicted molar refractivity (Wildman–Crippen MR) is 135 cm³/mol. The van der Waals surface area contributed by atoms with E-state index in [2.05, 4.69) is 9.88 Å². The molecule has 1 aliphatic rings. The molecule has 168 valence electrons. The van der Waals surface area contributed by atoms with Gasteiger partial charge in [-0.05, 0) is 36.8 Å². The number of rotatable bonds is 5. The van der Waals surface area contributed by atoms with Crippen molar-refractivity contribution in [2.24, 2.45) is 0 Å². The summed E-state index contributed by atoms with van der Waals surface area (Å²) in [5.41, 5.74) is 5.25. The highest BCUT2D eigenvalue weighted by Crippen LogP contribution is 2.36. The first kappa shape index (κ1) is 23.4. The van der Waals surface area contributed by atoms with E-state index in [1.54, 1.807) is 10.4 Å². The van der Waals surface area contributed by atoms with Gasteiger partial charge in [0, 0.05) is 31.7 Å². The van der Waals surface area contributed by atoms with Crippen LogP contribution in [-0.2, 0) is 4.74 Å². The Labute approximate surface area is 205 Å². The van der Waals surface area contributed by atoms with Crippen LogP contribution in [0.25, 0.3) is 20.4 Å². The van der Waals surface area contributed by atoms with Crippen LogP contribution in [0.1, 0.15) is 15.9 Å². The fourth-order valence-electron chi connectivity index (χ4n) is 3.70. The van der Waals surface area contributed by atoms with E-state index in [0.717, 1.165) is 58.8 Å². The monoisotopic (exact) mass is 508 g/mol. The van der Waals surface area contributed by atoms with Gasteiger partial charge in [0.25, 0.3) is 5.91 Å². The number of aromatic nitrogens is 2. The van der Waals surface area contributed by atoms with Crippen molar-refractivity contribution in [1.82, 2.24) is 14.9 Å². The average Bonchev–Trinajstić information content (AvgIpc) is 3.44. The Kier molecular flexibility index (Phi) is 7.29. The fourth-order valence-corrected chi connectivity index (χ4v) is 5.76. The van der Waals surface area contributed by atoms with Gasteiger partial charge in [-0.2, -0.15) is 0 Å². The molecule has 2 aromatic heterocycles. The first-order chi connectivity index (χ1) is 15.1. The molecule has 5 rings (SSSR count). The minimum Gasteiger partial charge on any atom is -0.379 e. The molecule has 32 heavy (non-hydrogen) atoms. The Morgan fingerprint density at radius 2 is 2.06 bits per heavy atom. The Morgan fingerprint density at radius 3 is 2.84 bits per heavy atom. The van der Waals surface area contributed by atoms with E-state index in [0.29, 0.717) is 22.3 Å². The van der Waals surface area contributed by atoms with E-state index < -0.39 is 0 Å². The highest BCUT2D eigenvalue weighted by molar-refractivity contribution is 7.23. The lowest BCUT2D eigenvalue weighted by molar-refractivity contribution is 0.0391. The number of amides is 1. The van der Waals surface area contributed by atoms with Crippen molar-refractivity contribution in [3.05, 3.63) is 52.0 Å². The van der Waals surface area contributed by atoms with Crippen molar-refractivity contribution in [2.45, 2.75) is 6.92 Å². The summed E-state index contributed by atoms with van der Waals surface area (Å²) in [5.74, 6) is -0.0589. The van der Waals surface area contributed by atoms with E-state index in [1.165, 1.54) is 22.7 Å². The van der Waals surface area contributed by atoms with Crippen molar-refractivity contribution in [2.75, 3.05) is 44.3 Å². The van der Waals surface area contributed by atoms with Crippen LogP contribution in [0.2, 0.25) is 5.02 Å². The average molecular weight is 509 g/mol. The molecular formula is C22H22Cl2N4O2S2. The first-order valence-electron chi connectivity index (χ1n) is 10.1. The highest BCUT2D eigenvalue weighted by atomic mass is 35.5. The molecule has 0 radical (unpaired) electrons. The lowest BCUT2D eigenvalue weighted by atomic mass is 10.2. The van der Waals surface area contributed by atoms with Gasteiger partial charge in [-0.25, -0.2) is 9.97 Å². The number of carbonyl (C=O) groups excluding carboxylic acids is 1. The second-order valence-electron chi connectivity index (χ2n) is 7.48. The zero-order valence-corrected chi connectivity index (χ0v) is 20.6. The number of thiazole rings is 2. The maximum Gasteiger partial charge on any atom is 0.260 e. The molecule has 1 fully saturated rings. The molecule has 1 aliphatic heterocycles. The van der Waals surface area contributed by atoms with Gasteiger partial charge >= 0.3 is 0 Å². The Balaban J connectivity index is 0.00000245. The Hall–Kier alpha value is -1.81. The molecule has 4 aromatic rings. The Bertz CT molecular complexity index is 1210. The third-order valence-corrected chi connectivity index (χ3v) is 7.81. The first-order valence-corrected chi connectivity index (χ1v) is 12.2. The molecule has 0 N–H and O–H groups in total. The number of halogens is 2. The fraction of sp³-hybridized carbons (Fsp3) is 0.318. The van der Waals surface area contributed by atoms with Gasteiger partial charge in [0.05, 0.1) is 44.2 Å². The summed E-state index contributed by atoms with van der Waals surface area (Å²) >= 11 is 9.44. The quantitative estimate of drug-likeness (QED) is 0.367. The Morgan fingerprint density at radius 1 is 1.25 bits per heavy atom. The summed E-state index contributed by atoms with van der Waals surface area (Å²) in [5, 5.41) is 1.34. The van der Waals surface area contributed by atoms with Crippen LogP contribution in [0.5, 0.6) is 0 Å². The summed E-state index contributed by atoms with van der Waals surface area (Å²) in [6.07, 6.45) is 0. The maximum atomic E-state index is 13.6. The number of hydrogen-bond donors (Lipinski definition) is 0. The second-order valence-corrected chi connectivity index (χ2v) is 9.76. The normalized spacial score (nSPS) is 14.6. The molecule has 1 saturated heterocycles. The summed E-state index contributed by atoms with van der Waals surface area (Å²) in [6, 6.07) is 9.52. The minimum atomic E-state index is -0.0589. The number of carbonyl (C=O) groups is 1. The number of nitrogens with zero attached hydrogens (tertiary/aromatic N) is 4. The number of benzene rings is 2. The van der Waals surface area contributed by atoms with Crippen LogP contribution in [0, 0.1) is 6.92 Å². The molecule has 3 heterocycles. The topological polar surface area (TPSA) is 58.6 Å². The summed E-state index contributed by atoms with van der Waals surface area (Å²) in [6.45, 7) is 6.54. The minimum absolute atomic E-state index is 0. The van der Waals surface area contributed by atoms with Gasteiger partial charge in [-0.15, -0.1) is 23.7 Å². The standard InChI is InChI=1S/C22H21ClN4O2S2.ClH/c1-14-2-4-16(23)20-19(14)25-22(31-20)27(7-6-26-8-10-29-11-9-26)21(28)15-3-5-17-18(12-15)30-13-24-17;/h2-5,12-13H,6-11H2,1H3;1H. The lowest BCUT2D eigenvalue weighted by Crippen LogP contribution is -2.43. The molecule has 0 atom stereocenters. The number of hydrogen-bond acceptors (Lipinski definition) is 7. The van der Waals surface area contributed by atoms with Crippen LogP contribution in [0.4, 0.5) is 5.13 Å². The van der Waals surface area contributed by atoms with E-state index in [1.807, 2.05) is 37.3 Å². The zero-order chi connectivity index (χ0) is 21.4.